The fourth-order valence-corrected chi connectivity index (χ4v) is 8.65. The van der Waals surface area contributed by atoms with Gasteiger partial charge >= 0.3 is 0 Å². The van der Waals surface area contributed by atoms with Crippen molar-refractivity contribution in [3.05, 3.63) is 22.5 Å². The lowest BCUT2D eigenvalue weighted by molar-refractivity contribution is -0.133. The molecule has 4 fully saturated rings. The maximum absolute atomic E-state index is 11.5. The van der Waals surface area contributed by atoms with Gasteiger partial charge in [0.2, 0.25) is 0 Å². The minimum Gasteiger partial charge on any atom is -0.393 e. The van der Waals surface area contributed by atoms with Crippen LogP contribution in [0.2, 0.25) is 0 Å². The molecule has 4 aliphatic carbocycles. The van der Waals surface area contributed by atoms with E-state index >= 15 is 0 Å². The zero-order valence-corrected chi connectivity index (χ0v) is 20.2. The number of aliphatic hydroxyl groups is 2. The summed E-state index contributed by atoms with van der Waals surface area (Å²) in [6.07, 6.45) is 11.0. The second-order valence-electron chi connectivity index (χ2n) is 11.9. The number of aliphatic hydroxyl groups excluding tert-OH is 2. The molecule has 8 atom stereocenters. The minimum atomic E-state index is -0.332. The number of nitrogens with zero attached hydrogens (tertiary/aromatic N) is 2. The first-order chi connectivity index (χ1) is 14.7. The highest BCUT2D eigenvalue weighted by Crippen LogP contribution is 2.67. The van der Waals surface area contributed by atoms with E-state index in [1.165, 1.54) is 42.5 Å². The molecule has 1 aromatic heterocycles. The summed E-state index contributed by atoms with van der Waals surface area (Å²) in [7, 11) is 0. The minimum absolute atomic E-state index is 0.00688. The molecule has 5 rings (SSSR count). The van der Waals surface area contributed by atoms with Gasteiger partial charge in [-0.2, -0.15) is 5.10 Å². The second kappa shape index (κ2) is 7.45. The number of aryl methyl sites for hydroxylation is 2. The van der Waals surface area contributed by atoms with Gasteiger partial charge in [-0.3, -0.25) is 4.68 Å². The van der Waals surface area contributed by atoms with Crippen molar-refractivity contribution in [1.82, 2.24) is 9.78 Å². The zero-order chi connectivity index (χ0) is 22.1. The third-order valence-corrected chi connectivity index (χ3v) is 10.6. The summed E-state index contributed by atoms with van der Waals surface area (Å²) >= 11 is 0. The molecule has 4 nitrogen and oxygen atoms in total. The van der Waals surface area contributed by atoms with Crippen LogP contribution in [0.4, 0.5) is 0 Å². The van der Waals surface area contributed by atoms with Crippen molar-refractivity contribution >= 4 is 6.08 Å². The van der Waals surface area contributed by atoms with E-state index in [9.17, 15) is 10.2 Å². The first-order valence-electron chi connectivity index (χ1n) is 12.8. The smallest absolute Gasteiger partial charge is 0.0809 e. The Morgan fingerprint density at radius 2 is 1.77 bits per heavy atom. The van der Waals surface area contributed by atoms with Gasteiger partial charge in [0.05, 0.1) is 17.9 Å². The van der Waals surface area contributed by atoms with Crippen LogP contribution < -0.4 is 0 Å². The third kappa shape index (κ3) is 3.11. The molecule has 0 spiro atoms. The van der Waals surface area contributed by atoms with E-state index in [2.05, 4.69) is 45.4 Å². The Bertz CT molecular complexity index is 888. The van der Waals surface area contributed by atoms with Crippen LogP contribution in [-0.4, -0.2) is 32.2 Å². The number of rotatable bonds is 2. The van der Waals surface area contributed by atoms with Crippen molar-refractivity contribution in [3.8, 4) is 0 Å². The first-order valence-corrected chi connectivity index (χ1v) is 12.8. The average Bonchev–Trinajstić information content (AvgIpc) is 3.16. The fourth-order valence-electron chi connectivity index (χ4n) is 8.65. The SMILES string of the molecule is CCn1nc(C)c(/C=C2/C[C@H]3[C@@H]4CC[C@H]5C[C@H](O)CC[C@]5(C)[C@H]4CC[C@]3(C)[C@@H]2O)c1C. The lowest BCUT2D eigenvalue weighted by Gasteiger charge is -2.60. The van der Waals surface area contributed by atoms with Gasteiger partial charge in [-0.25, -0.2) is 0 Å². The van der Waals surface area contributed by atoms with Crippen LogP contribution in [0.3, 0.4) is 0 Å². The quantitative estimate of drug-likeness (QED) is 0.677. The predicted molar refractivity (Wildman–Crippen MR) is 124 cm³/mol. The Balaban J connectivity index is 1.46. The second-order valence-corrected chi connectivity index (χ2v) is 11.9. The molecule has 0 bridgehead atoms. The maximum atomic E-state index is 11.5. The largest absolute Gasteiger partial charge is 0.393 e. The summed E-state index contributed by atoms with van der Waals surface area (Å²) in [5.41, 5.74) is 5.13. The molecule has 0 radical (unpaired) electrons. The fraction of sp³-hybridized carbons (Fsp3) is 0.815. The Morgan fingerprint density at radius 1 is 1.03 bits per heavy atom. The number of hydrogen-bond acceptors (Lipinski definition) is 3. The van der Waals surface area contributed by atoms with Gasteiger partial charge < -0.3 is 10.2 Å². The van der Waals surface area contributed by atoms with E-state index in [-0.39, 0.29) is 17.6 Å². The van der Waals surface area contributed by atoms with Gasteiger partial charge in [0.15, 0.2) is 0 Å². The molecule has 0 unspecified atom stereocenters. The van der Waals surface area contributed by atoms with Gasteiger partial charge in [0.25, 0.3) is 0 Å². The summed E-state index contributed by atoms with van der Waals surface area (Å²) in [4.78, 5) is 0. The molecule has 1 heterocycles. The van der Waals surface area contributed by atoms with Crippen molar-refractivity contribution in [3.63, 3.8) is 0 Å². The normalized spacial score (nSPS) is 46.0. The Hall–Kier alpha value is -1.13. The summed E-state index contributed by atoms with van der Waals surface area (Å²) in [5.74, 6) is 2.75. The summed E-state index contributed by atoms with van der Waals surface area (Å²) < 4.78 is 2.08. The molecule has 1 aromatic rings. The topological polar surface area (TPSA) is 58.3 Å². The molecule has 0 aliphatic heterocycles. The van der Waals surface area contributed by atoms with Gasteiger partial charge in [0, 0.05) is 23.2 Å². The van der Waals surface area contributed by atoms with Crippen molar-refractivity contribution in [1.29, 1.82) is 0 Å². The van der Waals surface area contributed by atoms with Crippen LogP contribution >= 0.6 is 0 Å². The van der Waals surface area contributed by atoms with Gasteiger partial charge in [-0.05, 0) is 113 Å². The standard InChI is InChI=1S/C27H42N2O2/c1-6-29-17(3)22(16(2)28-29)13-18-14-24-21-8-7-19-15-20(30)9-11-26(19,4)23(21)10-12-27(24,5)25(18)31/h13,19-21,23-25,30-31H,6-12,14-15H2,1-5H3/b18-13-/t19-,20+,21+,23-,24-,25+,26-,27-/m0/s1. The van der Waals surface area contributed by atoms with Crippen molar-refractivity contribution in [2.24, 2.45) is 34.5 Å². The third-order valence-electron chi connectivity index (χ3n) is 10.6. The summed E-state index contributed by atoms with van der Waals surface area (Å²) in [6, 6.07) is 0. The van der Waals surface area contributed by atoms with Crippen LogP contribution in [0.1, 0.15) is 89.1 Å². The van der Waals surface area contributed by atoms with Crippen molar-refractivity contribution < 1.29 is 10.2 Å². The van der Waals surface area contributed by atoms with Gasteiger partial charge in [0.1, 0.15) is 0 Å². The Morgan fingerprint density at radius 3 is 2.48 bits per heavy atom. The molecule has 0 saturated heterocycles. The number of aromatic nitrogens is 2. The molecular formula is C27H42N2O2. The van der Waals surface area contributed by atoms with Crippen LogP contribution in [-0.2, 0) is 6.54 Å². The number of hydrogen-bond donors (Lipinski definition) is 2. The molecule has 172 valence electrons. The van der Waals surface area contributed by atoms with Crippen LogP contribution in [0, 0.1) is 48.3 Å². The van der Waals surface area contributed by atoms with Gasteiger partial charge in [-0.15, -0.1) is 0 Å². The molecule has 4 heteroatoms. The summed E-state index contributed by atoms with van der Waals surface area (Å²) in [5, 5.41) is 26.5. The average molecular weight is 427 g/mol. The lowest BCUT2D eigenvalue weighted by atomic mass is 9.45. The zero-order valence-electron chi connectivity index (χ0n) is 20.2. The van der Waals surface area contributed by atoms with Crippen LogP contribution in [0.15, 0.2) is 5.57 Å². The lowest BCUT2D eigenvalue weighted by Crippen LogP contribution is -2.54. The molecule has 31 heavy (non-hydrogen) atoms. The van der Waals surface area contributed by atoms with E-state index in [4.69, 9.17) is 5.10 Å². The maximum Gasteiger partial charge on any atom is 0.0809 e. The van der Waals surface area contributed by atoms with E-state index in [0.29, 0.717) is 17.3 Å². The molecule has 0 amide bonds. The van der Waals surface area contributed by atoms with Crippen LogP contribution in [0.5, 0.6) is 0 Å². The van der Waals surface area contributed by atoms with E-state index < -0.39 is 0 Å². The summed E-state index contributed by atoms with van der Waals surface area (Å²) in [6.45, 7) is 12.2. The Labute approximate surface area is 188 Å². The highest BCUT2D eigenvalue weighted by Gasteiger charge is 2.61. The van der Waals surface area contributed by atoms with E-state index in [0.717, 1.165) is 49.8 Å². The molecule has 0 aromatic carbocycles. The Kier molecular flexibility index (Phi) is 5.21. The molecule has 4 aliphatic rings. The van der Waals surface area contributed by atoms with E-state index in [1.807, 2.05) is 0 Å². The highest BCUT2D eigenvalue weighted by molar-refractivity contribution is 5.59. The predicted octanol–water partition coefficient (Wildman–Crippen LogP) is 5.28. The van der Waals surface area contributed by atoms with Gasteiger partial charge in [-0.1, -0.05) is 13.8 Å². The van der Waals surface area contributed by atoms with Crippen molar-refractivity contribution in [2.45, 2.75) is 105 Å². The molecule has 4 saturated carbocycles. The van der Waals surface area contributed by atoms with Crippen molar-refractivity contribution in [2.75, 3.05) is 0 Å². The first kappa shape index (κ1) is 21.7. The molecular weight excluding hydrogens is 384 g/mol. The van der Waals surface area contributed by atoms with E-state index in [1.54, 1.807) is 0 Å². The highest BCUT2D eigenvalue weighted by atomic mass is 16.3. The monoisotopic (exact) mass is 426 g/mol. The number of fused-ring (bicyclic) bond motifs is 5. The molecule has 2 N–H and O–H groups in total. The van der Waals surface area contributed by atoms with Crippen LogP contribution in [0.25, 0.3) is 6.08 Å².